The first-order chi connectivity index (χ1) is 14.1. The first kappa shape index (κ1) is 18.0. The quantitative estimate of drug-likeness (QED) is 0.650. The normalized spacial score (nSPS) is 21.2. The van der Waals surface area contributed by atoms with Crippen molar-refractivity contribution in [3.8, 4) is 5.75 Å². The molecule has 2 aliphatic rings. The van der Waals surface area contributed by atoms with E-state index in [9.17, 15) is 4.79 Å². The van der Waals surface area contributed by atoms with Crippen LogP contribution in [-0.4, -0.2) is 37.7 Å². The van der Waals surface area contributed by atoms with Crippen LogP contribution in [0.5, 0.6) is 5.75 Å². The third-order valence-corrected chi connectivity index (χ3v) is 6.25. The number of fused-ring (bicyclic) bond motifs is 3. The van der Waals surface area contributed by atoms with Crippen molar-refractivity contribution >= 4 is 22.4 Å². The molecule has 4 heteroatoms. The van der Waals surface area contributed by atoms with Crippen LogP contribution in [0.1, 0.15) is 36.3 Å². The zero-order valence-electron chi connectivity index (χ0n) is 17.0. The van der Waals surface area contributed by atoms with Gasteiger partial charge >= 0.3 is 0 Å². The van der Waals surface area contributed by atoms with Gasteiger partial charge in [-0.1, -0.05) is 42.5 Å². The van der Waals surface area contributed by atoms with E-state index in [1.807, 2.05) is 4.90 Å². The number of hydrogen-bond donors (Lipinski definition) is 0. The molecule has 0 spiro atoms. The number of rotatable bonds is 3. The van der Waals surface area contributed by atoms with Gasteiger partial charge in [-0.2, -0.15) is 0 Å². The number of carbonyl (C=O) groups is 1. The number of ether oxygens (including phenoxy) is 1. The molecule has 0 unspecified atom stereocenters. The molecule has 148 valence electrons. The third kappa shape index (κ3) is 3.13. The van der Waals surface area contributed by atoms with Crippen molar-refractivity contribution in [1.29, 1.82) is 0 Å². The van der Waals surface area contributed by atoms with Gasteiger partial charge < -0.3 is 14.5 Å². The molecule has 0 bridgehead atoms. The van der Waals surface area contributed by atoms with Gasteiger partial charge in [0.05, 0.1) is 0 Å². The van der Waals surface area contributed by atoms with Crippen molar-refractivity contribution in [2.75, 3.05) is 25.5 Å². The Kier molecular flexibility index (Phi) is 4.42. The minimum atomic E-state index is -0.197. The Labute approximate surface area is 171 Å². The first-order valence-electron chi connectivity index (χ1n) is 10.4. The lowest BCUT2D eigenvalue weighted by Gasteiger charge is -2.37. The Morgan fingerprint density at radius 3 is 2.52 bits per heavy atom. The van der Waals surface area contributed by atoms with Gasteiger partial charge in [0, 0.05) is 50.7 Å². The van der Waals surface area contributed by atoms with Crippen LogP contribution in [0.3, 0.4) is 0 Å². The summed E-state index contributed by atoms with van der Waals surface area (Å²) in [6, 6.07) is 21.5. The van der Waals surface area contributed by atoms with E-state index in [-0.39, 0.29) is 18.1 Å². The molecule has 2 aliphatic heterocycles. The maximum atomic E-state index is 12.4. The van der Waals surface area contributed by atoms with Crippen molar-refractivity contribution in [2.24, 2.45) is 0 Å². The second-order valence-corrected chi connectivity index (χ2v) is 8.24. The fourth-order valence-corrected chi connectivity index (χ4v) is 4.72. The molecule has 3 aromatic carbocycles. The number of nitrogens with zero attached hydrogens (tertiary/aromatic N) is 2. The number of amides is 1. The molecule has 0 aromatic heterocycles. The number of benzene rings is 3. The maximum absolute atomic E-state index is 12.4. The average Bonchev–Trinajstić information content (AvgIpc) is 3.18. The minimum absolute atomic E-state index is 0.194. The topological polar surface area (TPSA) is 32.8 Å². The van der Waals surface area contributed by atoms with E-state index in [0.717, 1.165) is 25.1 Å². The highest BCUT2D eigenvalue weighted by Crippen LogP contribution is 2.45. The summed E-state index contributed by atoms with van der Waals surface area (Å²) in [5, 5.41) is 2.46. The van der Waals surface area contributed by atoms with Crippen LogP contribution in [0.15, 0.2) is 60.7 Å². The van der Waals surface area contributed by atoms with E-state index >= 15 is 0 Å². The van der Waals surface area contributed by atoms with Crippen LogP contribution in [-0.2, 0) is 4.79 Å². The van der Waals surface area contributed by atoms with Crippen molar-refractivity contribution < 1.29 is 9.53 Å². The molecule has 29 heavy (non-hydrogen) atoms. The summed E-state index contributed by atoms with van der Waals surface area (Å²) in [6.07, 6.45) is 2.14. The van der Waals surface area contributed by atoms with Gasteiger partial charge in [0.25, 0.3) is 0 Å². The Bertz CT molecular complexity index is 1060. The molecule has 0 N–H and O–H groups in total. The predicted octanol–water partition coefficient (Wildman–Crippen LogP) is 4.77. The zero-order valence-corrected chi connectivity index (χ0v) is 17.0. The molecule has 2 atom stereocenters. The van der Waals surface area contributed by atoms with Crippen molar-refractivity contribution in [3.63, 3.8) is 0 Å². The van der Waals surface area contributed by atoms with Crippen LogP contribution in [0.2, 0.25) is 0 Å². The van der Waals surface area contributed by atoms with Gasteiger partial charge in [-0.05, 0) is 41.0 Å². The predicted molar refractivity (Wildman–Crippen MR) is 117 cm³/mol. The van der Waals surface area contributed by atoms with Gasteiger partial charge in [0.15, 0.2) is 6.23 Å². The monoisotopic (exact) mass is 386 g/mol. The standard InChI is InChI=1S/C25H26N2O2/c1-26(2)19-12-9-18(10-13-19)21-16-24(27-15-5-8-23(27)28)29-22-14-11-17-6-3-4-7-20(17)25(21)22/h3-4,6-7,9-14,21,24H,5,8,15-16H2,1-2H3/t21-,24-/m1/s1. The van der Waals surface area contributed by atoms with Gasteiger partial charge in [0.1, 0.15) is 5.75 Å². The van der Waals surface area contributed by atoms with Crippen LogP contribution in [0, 0.1) is 0 Å². The van der Waals surface area contributed by atoms with Crippen molar-refractivity contribution in [3.05, 3.63) is 71.8 Å². The van der Waals surface area contributed by atoms with E-state index < -0.39 is 0 Å². The second kappa shape index (κ2) is 7.11. The summed E-state index contributed by atoms with van der Waals surface area (Å²) in [6.45, 7) is 0.790. The molecular weight excluding hydrogens is 360 g/mol. The van der Waals surface area contributed by atoms with Gasteiger partial charge in [-0.15, -0.1) is 0 Å². The van der Waals surface area contributed by atoms with E-state index in [0.29, 0.717) is 6.42 Å². The lowest BCUT2D eigenvalue weighted by Crippen LogP contribution is -2.43. The largest absolute Gasteiger partial charge is 0.470 e. The Morgan fingerprint density at radius 2 is 1.79 bits per heavy atom. The molecular formula is C25H26N2O2. The summed E-state index contributed by atoms with van der Waals surface area (Å²) >= 11 is 0. The highest BCUT2D eigenvalue weighted by molar-refractivity contribution is 5.89. The molecule has 1 amide bonds. The van der Waals surface area contributed by atoms with Crippen LogP contribution < -0.4 is 9.64 Å². The summed E-state index contributed by atoms with van der Waals surface area (Å²) in [5.41, 5.74) is 3.70. The number of carbonyl (C=O) groups excluding carboxylic acids is 1. The second-order valence-electron chi connectivity index (χ2n) is 8.24. The molecule has 4 nitrogen and oxygen atoms in total. The third-order valence-electron chi connectivity index (χ3n) is 6.25. The highest BCUT2D eigenvalue weighted by atomic mass is 16.5. The van der Waals surface area contributed by atoms with E-state index in [2.05, 4.69) is 79.7 Å². The van der Waals surface area contributed by atoms with Gasteiger partial charge in [-0.3, -0.25) is 4.79 Å². The number of likely N-dealkylation sites (tertiary alicyclic amines) is 1. The maximum Gasteiger partial charge on any atom is 0.225 e. The molecule has 0 radical (unpaired) electrons. The van der Waals surface area contributed by atoms with Gasteiger partial charge in [-0.25, -0.2) is 0 Å². The molecule has 2 heterocycles. The van der Waals surface area contributed by atoms with Crippen LogP contribution in [0.25, 0.3) is 10.8 Å². The molecule has 1 fully saturated rings. The van der Waals surface area contributed by atoms with Gasteiger partial charge in [0.2, 0.25) is 5.91 Å². The number of hydrogen-bond acceptors (Lipinski definition) is 3. The summed E-state index contributed by atoms with van der Waals surface area (Å²) in [4.78, 5) is 16.4. The minimum Gasteiger partial charge on any atom is -0.470 e. The van der Waals surface area contributed by atoms with E-state index in [4.69, 9.17) is 4.74 Å². The highest BCUT2D eigenvalue weighted by Gasteiger charge is 2.37. The van der Waals surface area contributed by atoms with Crippen molar-refractivity contribution in [1.82, 2.24) is 4.90 Å². The lowest BCUT2D eigenvalue weighted by atomic mass is 9.82. The molecule has 0 saturated carbocycles. The summed E-state index contributed by atoms with van der Waals surface area (Å²) in [5.74, 6) is 1.31. The molecule has 3 aromatic rings. The Morgan fingerprint density at radius 1 is 1.00 bits per heavy atom. The Balaban J connectivity index is 1.63. The van der Waals surface area contributed by atoms with E-state index in [1.165, 1.54) is 27.6 Å². The van der Waals surface area contributed by atoms with Crippen LogP contribution >= 0.6 is 0 Å². The fraction of sp³-hybridized carbons (Fsp3) is 0.320. The SMILES string of the molecule is CN(C)c1ccc([C@H]2C[C@H](N3CCCC3=O)Oc3ccc4ccccc4c32)cc1. The molecule has 1 saturated heterocycles. The summed E-state index contributed by atoms with van der Waals surface area (Å²) < 4.78 is 6.40. The Hall–Kier alpha value is -3.01. The average molecular weight is 386 g/mol. The number of anilines is 1. The van der Waals surface area contributed by atoms with Crippen LogP contribution in [0.4, 0.5) is 5.69 Å². The smallest absolute Gasteiger partial charge is 0.225 e. The zero-order chi connectivity index (χ0) is 20.0. The fourth-order valence-electron chi connectivity index (χ4n) is 4.72. The first-order valence-corrected chi connectivity index (χ1v) is 10.4. The lowest BCUT2D eigenvalue weighted by molar-refractivity contribution is -0.135. The molecule has 5 rings (SSSR count). The summed E-state index contributed by atoms with van der Waals surface area (Å²) in [7, 11) is 4.11. The van der Waals surface area contributed by atoms with E-state index in [1.54, 1.807) is 0 Å². The van der Waals surface area contributed by atoms with Crippen molar-refractivity contribution in [2.45, 2.75) is 31.4 Å². The molecule has 0 aliphatic carbocycles.